The number of rotatable bonds is 6. The average Bonchev–Trinajstić information content (AvgIpc) is 2.78. The summed E-state index contributed by atoms with van der Waals surface area (Å²) in [5.41, 5.74) is 0.257. The minimum Gasteiger partial charge on any atom is -0.462 e. The number of benzene rings is 2. The van der Waals surface area contributed by atoms with Crippen molar-refractivity contribution >= 4 is 17.7 Å². The fraction of sp³-hybridized carbons (Fsp3) is 0.292. The molecule has 0 aliphatic carbocycles. The van der Waals surface area contributed by atoms with Gasteiger partial charge in [0.2, 0.25) is 0 Å². The van der Waals surface area contributed by atoms with Crippen molar-refractivity contribution in [1.29, 1.82) is 5.26 Å². The monoisotopic (exact) mass is 457 g/mol. The van der Waals surface area contributed by atoms with E-state index in [1.807, 2.05) is 13.0 Å². The van der Waals surface area contributed by atoms with Crippen molar-refractivity contribution in [3.05, 3.63) is 76.5 Å². The molecule has 0 saturated carbocycles. The Kier molecular flexibility index (Phi) is 7.07. The van der Waals surface area contributed by atoms with E-state index in [0.717, 1.165) is 23.5 Å². The van der Waals surface area contributed by atoms with Gasteiger partial charge in [-0.15, -0.1) is 0 Å². The third-order valence-corrected chi connectivity index (χ3v) is 5.24. The maximum atomic E-state index is 13.2. The molecule has 0 spiro atoms. The number of nitriles is 1. The Hall–Kier alpha value is -3.80. The summed E-state index contributed by atoms with van der Waals surface area (Å²) in [5.74, 6) is -0.674. The van der Waals surface area contributed by atoms with Crippen LogP contribution in [-0.2, 0) is 15.7 Å². The van der Waals surface area contributed by atoms with E-state index in [1.54, 1.807) is 24.3 Å². The standard InChI is InChI=1S/C24H22F3N3O3/c1-3-4-12-33-22(31)20-15(2)30(19-7-5-6-18(13-19)24(25,26)27)23(32)29-21(20)17-10-8-16(14-28)9-11-17/h5-11,13,21H,3-4,12H2,1-2H3,(H,29,32)/t21-/m1/s1. The van der Waals surface area contributed by atoms with E-state index >= 15 is 0 Å². The van der Waals surface area contributed by atoms with Crippen LogP contribution in [0.4, 0.5) is 23.7 Å². The Labute approximate surface area is 189 Å². The Bertz CT molecular complexity index is 1120. The number of ether oxygens (including phenoxy) is 1. The van der Waals surface area contributed by atoms with Gasteiger partial charge in [-0.1, -0.05) is 31.5 Å². The summed E-state index contributed by atoms with van der Waals surface area (Å²) in [7, 11) is 0. The first-order valence-electron chi connectivity index (χ1n) is 10.3. The molecule has 1 N–H and O–H groups in total. The quantitative estimate of drug-likeness (QED) is 0.461. The first-order valence-corrected chi connectivity index (χ1v) is 10.3. The van der Waals surface area contributed by atoms with Crippen molar-refractivity contribution < 1.29 is 27.5 Å². The summed E-state index contributed by atoms with van der Waals surface area (Å²) in [6.45, 7) is 3.60. The van der Waals surface area contributed by atoms with Crippen molar-refractivity contribution in [3.63, 3.8) is 0 Å². The number of carbonyl (C=O) groups excluding carboxylic acids is 2. The fourth-order valence-corrected chi connectivity index (χ4v) is 3.53. The lowest BCUT2D eigenvalue weighted by molar-refractivity contribution is -0.140. The van der Waals surface area contributed by atoms with Crippen LogP contribution in [0.15, 0.2) is 59.8 Å². The molecule has 3 rings (SSSR count). The zero-order valence-electron chi connectivity index (χ0n) is 18.1. The molecule has 2 aromatic rings. The first-order chi connectivity index (χ1) is 15.7. The molecule has 1 aliphatic heterocycles. The number of esters is 1. The molecule has 9 heteroatoms. The summed E-state index contributed by atoms with van der Waals surface area (Å²) in [6, 6.07) is 11.1. The highest BCUT2D eigenvalue weighted by molar-refractivity contribution is 6.03. The zero-order chi connectivity index (χ0) is 24.2. The van der Waals surface area contributed by atoms with E-state index in [4.69, 9.17) is 10.00 Å². The number of nitrogens with one attached hydrogen (secondary N) is 1. The van der Waals surface area contributed by atoms with Crippen molar-refractivity contribution in [3.8, 4) is 6.07 Å². The van der Waals surface area contributed by atoms with Crippen LogP contribution in [-0.4, -0.2) is 18.6 Å². The highest BCUT2D eigenvalue weighted by Crippen LogP contribution is 2.37. The Morgan fingerprint density at radius 1 is 1.21 bits per heavy atom. The molecule has 6 nitrogen and oxygen atoms in total. The summed E-state index contributed by atoms with van der Waals surface area (Å²) in [5, 5.41) is 11.7. The maximum Gasteiger partial charge on any atom is 0.416 e. The number of nitrogens with zero attached hydrogens (tertiary/aromatic N) is 2. The second kappa shape index (κ2) is 9.77. The van der Waals surface area contributed by atoms with E-state index in [-0.39, 0.29) is 23.6 Å². The predicted molar refractivity (Wildman–Crippen MR) is 115 cm³/mol. The Morgan fingerprint density at radius 3 is 2.52 bits per heavy atom. The highest BCUT2D eigenvalue weighted by atomic mass is 19.4. The van der Waals surface area contributed by atoms with Gasteiger partial charge in [0.1, 0.15) is 0 Å². The van der Waals surface area contributed by atoms with E-state index < -0.39 is 29.8 Å². The van der Waals surface area contributed by atoms with Crippen molar-refractivity contribution in [2.75, 3.05) is 11.5 Å². The number of carbonyl (C=O) groups is 2. The van der Waals surface area contributed by atoms with Crippen LogP contribution in [0.2, 0.25) is 0 Å². The number of hydrogen-bond acceptors (Lipinski definition) is 4. The summed E-state index contributed by atoms with van der Waals surface area (Å²) < 4.78 is 45.1. The van der Waals surface area contributed by atoms with Crippen LogP contribution < -0.4 is 10.2 Å². The van der Waals surface area contributed by atoms with Crippen LogP contribution in [0, 0.1) is 11.3 Å². The van der Waals surface area contributed by atoms with Gasteiger partial charge in [-0.05, 0) is 49.2 Å². The molecule has 33 heavy (non-hydrogen) atoms. The molecule has 0 unspecified atom stereocenters. The largest absolute Gasteiger partial charge is 0.462 e. The molecule has 1 aliphatic rings. The molecule has 1 heterocycles. The first kappa shape index (κ1) is 23.9. The predicted octanol–water partition coefficient (Wildman–Crippen LogP) is 5.47. The summed E-state index contributed by atoms with van der Waals surface area (Å²) >= 11 is 0. The van der Waals surface area contributed by atoms with Gasteiger partial charge >= 0.3 is 18.2 Å². The topological polar surface area (TPSA) is 82.4 Å². The van der Waals surface area contributed by atoms with E-state index in [2.05, 4.69) is 5.32 Å². The number of allylic oxidation sites excluding steroid dienone is 1. The molecule has 0 aromatic heterocycles. The van der Waals surface area contributed by atoms with Gasteiger partial charge in [0, 0.05) is 5.70 Å². The van der Waals surface area contributed by atoms with E-state index in [9.17, 15) is 22.8 Å². The molecule has 2 aromatic carbocycles. The number of hydrogen-bond donors (Lipinski definition) is 1. The van der Waals surface area contributed by atoms with Gasteiger partial charge in [-0.3, -0.25) is 4.90 Å². The number of unbranched alkanes of at least 4 members (excludes halogenated alkanes) is 1. The molecule has 172 valence electrons. The third kappa shape index (κ3) is 5.17. The van der Waals surface area contributed by atoms with E-state index in [1.165, 1.54) is 19.1 Å². The maximum absolute atomic E-state index is 13.2. The van der Waals surface area contributed by atoms with Gasteiger partial charge in [0.05, 0.1) is 41.1 Å². The van der Waals surface area contributed by atoms with Crippen LogP contribution in [0.3, 0.4) is 0 Å². The molecule has 0 bridgehead atoms. The second-order valence-corrected chi connectivity index (χ2v) is 7.49. The molecule has 0 saturated heterocycles. The number of urea groups is 1. The number of halogens is 3. The number of anilines is 1. The second-order valence-electron chi connectivity index (χ2n) is 7.49. The molecule has 0 fully saturated rings. The zero-order valence-corrected chi connectivity index (χ0v) is 18.1. The fourth-order valence-electron chi connectivity index (χ4n) is 3.53. The average molecular weight is 457 g/mol. The smallest absolute Gasteiger partial charge is 0.416 e. The van der Waals surface area contributed by atoms with Crippen molar-refractivity contribution in [1.82, 2.24) is 5.32 Å². The number of alkyl halides is 3. The van der Waals surface area contributed by atoms with Crippen LogP contribution in [0.25, 0.3) is 0 Å². The van der Waals surface area contributed by atoms with Crippen molar-refractivity contribution in [2.45, 2.75) is 38.9 Å². The van der Waals surface area contributed by atoms with Crippen LogP contribution in [0.5, 0.6) is 0 Å². The molecular weight excluding hydrogens is 435 g/mol. The van der Waals surface area contributed by atoms with Gasteiger partial charge in [-0.25, -0.2) is 9.59 Å². The number of amides is 2. The normalized spacial score (nSPS) is 16.3. The van der Waals surface area contributed by atoms with Gasteiger partial charge in [-0.2, -0.15) is 18.4 Å². The Morgan fingerprint density at radius 2 is 1.91 bits per heavy atom. The molecule has 2 amide bonds. The van der Waals surface area contributed by atoms with Gasteiger partial charge < -0.3 is 10.1 Å². The third-order valence-electron chi connectivity index (χ3n) is 5.24. The highest BCUT2D eigenvalue weighted by Gasteiger charge is 2.38. The van der Waals surface area contributed by atoms with Gasteiger partial charge in [0.25, 0.3) is 0 Å². The minimum absolute atomic E-state index is 0.0306. The molecular formula is C24H22F3N3O3. The van der Waals surface area contributed by atoms with Crippen molar-refractivity contribution in [2.24, 2.45) is 0 Å². The lowest BCUT2D eigenvalue weighted by Gasteiger charge is -2.35. The summed E-state index contributed by atoms with van der Waals surface area (Å²) in [6.07, 6.45) is -3.15. The van der Waals surface area contributed by atoms with Gasteiger partial charge in [0.15, 0.2) is 0 Å². The summed E-state index contributed by atoms with van der Waals surface area (Å²) in [4.78, 5) is 27.0. The molecule has 0 radical (unpaired) electrons. The molecule has 1 atom stereocenters. The minimum atomic E-state index is -4.59. The van der Waals surface area contributed by atoms with Crippen LogP contribution in [0.1, 0.15) is 49.4 Å². The van der Waals surface area contributed by atoms with Crippen LogP contribution >= 0.6 is 0 Å². The Balaban J connectivity index is 2.09. The lowest BCUT2D eigenvalue weighted by Crippen LogP contribution is -2.48. The SMILES string of the molecule is CCCCOC(=O)C1=C(C)N(c2cccc(C(F)(F)F)c2)C(=O)N[C@@H]1c1ccc(C#N)cc1. The lowest BCUT2D eigenvalue weighted by atomic mass is 9.94. The van der Waals surface area contributed by atoms with E-state index in [0.29, 0.717) is 17.5 Å².